The highest BCUT2D eigenvalue weighted by Crippen LogP contribution is 2.16. The monoisotopic (exact) mass is 219 g/mol. The van der Waals surface area contributed by atoms with Crippen LogP contribution in [0.2, 0.25) is 0 Å². The molecule has 84 valence electrons. The van der Waals surface area contributed by atoms with Gasteiger partial charge >= 0.3 is 0 Å². The molecule has 0 saturated heterocycles. The van der Waals surface area contributed by atoms with E-state index >= 15 is 0 Å². The molecular formula is C11H13N3O2. The van der Waals surface area contributed by atoms with Gasteiger partial charge in [0.2, 0.25) is 0 Å². The maximum absolute atomic E-state index is 11.8. The largest absolute Gasteiger partial charge is 0.505 e. The summed E-state index contributed by atoms with van der Waals surface area (Å²) in [5, 5.41) is 18.1. The van der Waals surface area contributed by atoms with Crippen molar-refractivity contribution in [2.75, 3.05) is 13.6 Å². The van der Waals surface area contributed by atoms with Crippen molar-refractivity contribution in [2.24, 2.45) is 5.92 Å². The quantitative estimate of drug-likeness (QED) is 0.823. The molecule has 1 atom stereocenters. The van der Waals surface area contributed by atoms with Gasteiger partial charge < -0.3 is 10.0 Å². The van der Waals surface area contributed by atoms with Crippen LogP contribution >= 0.6 is 0 Å². The SMILES string of the molecule is CC(C#N)CN(C)C(=O)c1ccncc1O. The van der Waals surface area contributed by atoms with Crippen molar-refractivity contribution < 1.29 is 9.90 Å². The second-order valence-corrected chi connectivity index (χ2v) is 3.61. The van der Waals surface area contributed by atoms with Gasteiger partial charge in [0.25, 0.3) is 5.91 Å². The third-order valence-electron chi connectivity index (χ3n) is 2.15. The van der Waals surface area contributed by atoms with E-state index in [4.69, 9.17) is 5.26 Å². The predicted molar refractivity (Wildman–Crippen MR) is 57.6 cm³/mol. The molecule has 0 aliphatic heterocycles. The molecule has 0 radical (unpaired) electrons. The topological polar surface area (TPSA) is 77.2 Å². The number of nitrogens with zero attached hydrogens (tertiary/aromatic N) is 3. The van der Waals surface area contributed by atoms with Gasteiger partial charge in [-0.15, -0.1) is 0 Å². The molecule has 0 saturated carbocycles. The highest BCUT2D eigenvalue weighted by atomic mass is 16.3. The summed E-state index contributed by atoms with van der Waals surface area (Å²) in [4.78, 5) is 16.9. The Balaban J connectivity index is 2.80. The molecule has 0 spiro atoms. The molecular weight excluding hydrogens is 206 g/mol. The van der Waals surface area contributed by atoms with Crippen LogP contribution in [0.3, 0.4) is 0 Å². The zero-order chi connectivity index (χ0) is 12.1. The molecule has 1 aromatic heterocycles. The van der Waals surface area contributed by atoms with E-state index in [2.05, 4.69) is 4.98 Å². The molecule has 0 bridgehead atoms. The lowest BCUT2D eigenvalue weighted by molar-refractivity contribution is 0.0782. The lowest BCUT2D eigenvalue weighted by atomic mass is 10.1. The van der Waals surface area contributed by atoms with Crippen molar-refractivity contribution in [3.05, 3.63) is 24.0 Å². The Hall–Kier alpha value is -2.09. The fourth-order valence-corrected chi connectivity index (χ4v) is 1.31. The molecule has 5 nitrogen and oxygen atoms in total. The number of pyridine rings is 1. The zero-order valence-electron chi connectivity index (χ0n) is 9.21. The van der Waals surface area contributed by atoms with Gasteiger partial charge in [-0.05, 0) is 13.0 Å². The maximum atomic E-state index is 11.8. The lowest BCUT2D eigenvalue weighted by Gasteiger charge is -2.18. The molecule has 1 heterocycles. The molecule has 0 aliphatic carbocycles. The van der Waals surface area contributed by atoms with Gasteiger partial charge in [0.05, 0.1) is 23.7 Å². The molecule has 16 heavy (non-hydrogen) atoms. The van der Waals surface area contributed by atoms with Crippen LogP contribution in [0.15, 0.2) is 18.5 Å². The Morgan fingerprint density at radius 3 is 3.00 bits per heavy atom. The van der Waals surface area contributed by atoms with E-state index in [1.807, 2.05) is 6.07 Å². The van der Waals surface area contributed by atoms with Crippen LogP contribution in [0.1, 0.15) is 17.3 Å². The summed E-state index contributed by atoms with van der Waals surface area (Å²) in [7, 11) is 1.59. The highest BCUT2D eigenvalue weighted by molar-refractivity contribution is 5.96. The van der Waals surface area contributed by atoms with E-state index in [0.717, 1.165) is 0 Å². The molecule has 1 aromatic rings. The number of amides is 1. The van der Waals surface area contributed by atoms with E-state index < -0.39 is 0 Å². The van der Waals surface area contributed by atoms with Gasteiger partial charge in [-0.2, -0.15) is 5.26 Å². The summed E-state index contributed by atoms with van der Waals surface area (Å²) in [6.07, 6.45) is 2.66. The second-order valence-electron chi connectivity index (χ2n) is 3.61. The number of aromatic nitrogens is 1. The molecule has 5 heteroatoms. The molecule has 0 aliphatic rings. The molecule has 1 rings (SSSR count). The minimum absolute atomic E-state index is 0.149. The van der Waals surface area contributed by atoms with Gasteiger partial charge in [0, 0.05) is 19.8 Å². The molecule has 1 amide bonds. The highest BCUT2D eigenvalue weighted by Gasteiger charge is 2.17. The summed E-state index contributed by atoms with van der Waals surface area (Å²) in [6, 6.07) is 3.50. The van der Waals surface area contributed by atoms with Crippen molar-refractivity contribution in [1.29, 1.82) is 5.26 Å². The van der Waals surface area contributed by atoms with Gasteiger partial charge in [-0.25, -0.2) is 0 Å². The predicted octanol–water partition coefficient (Wildman–Crippen LogP) is 1.02. The van der Waals surface area contributed by atoms with Gasteiger partial charge in [-0.3, -0.25) is 9.78 Å². The fourth-order valence-electron chi connectivity index (χ4n) is 1.31. The van der Waals surface area contributed by atoms with Crippen LogP contribution in [0.5, 0.6) is 5.75 Å². The van der Waals surface area contributed by atoms with Gasteiger partial charge in [0.15, 0.2) is 0 Å². The minimum atomic E-state index is -0.318. The van der Waals surface area contributed by atoms with E-state index in [-0.39, 0.29) is 23.1 Å². The molecule has 0 fully saturated rings. The number of nitriles is 1. The third kappa shape index (κ3) is 2.70. The third-order valence-corrected chi connectivity index (χ3v) is 2.15. The minimum Gasteiger partial charge on any atom is -0.505 e. The first-order valence-corrected chi connectivity index (χ1v) is 4.84. The number of carbonyl (C=O) groups is 1. The Labute approximate surface area is 93.9 Å². The normalized spacial score (nSPS) is 11.6. The fraction of sp³-hybridized carbons (Fsp3) is 0.364. The van der Waals surface area contributed by atoms with E-state index in [9.17, 15) is 9.90 Å². The second kappa shape index (κ2) is 5.12. The average Bonchev–Trinajstić information content (AvgIpc) is 2.28. The summed E-state index contributed by atoms with van der Waals surface area (Å²) >= 11 is 0. The first-order chi connectivity index (χ1) is 7.56. The number of hydrogen-bond donors (Lipinski definition) is 1. The first-order valence-electron chi connectivity index (χ1n) is 4.84. The summed E-state index contributed by atoms with van der Waals surface area (Å²) < 4.78 is 0. The van der Waals surface area contributed by atoms with Gasteiger partial charge in [-0.1, -0.05) is 0 Å². The number of hydrogen-bond acceptors (Lipinski definition) is 4. The van der Waals surface area contributed by atoms with Crippen LogP contribution in [-0.2, 0) is 0 Å². The first kappa shape index (κ1) is 12.0. The summed E-state index contributed by atoms with van der Waals surface area (Å²) in [5.74, 6) is -0.705. The number of aromatic hydroxyl groups is 1. The van der Waals surface area contributed by atoms with Crippen LogP contribution in [0.25, 0.3) is 0 Å². The Bertz CT molecular complexity index is 425. The van der Waals surface area contributed by atoms with Crippen molar-refractivity contribution >= 4 is 5.91 Å². The van der Waals surface area contributed by atoms with Gasteiger partial charge in [0.1, 0.15) is 5.75 Å². The van der Waals surface area contributed by atoms with Crippen molar-refractivity contribution in [3.63, 3.8) is 0 Å². The standard InChI is InChI=1S/C11H13N3O2/c1-8(5-12)7-14(2)11(16)9-3-4-13-6-10(9)15/h3-4,6,8,15H,7H2,1-2H3. The Kier molecular flexibility index (Phi) is 3.84. The zero-order valence-corrected chi connectivity index (χ0v) is 9.21. The summed E-state index contributed by atoms with van der Waals surface area (Å²) in [5.41, 5.74) is 0.197. The van der Waals surface area contributed by atoms with Crippen LogP contribution in [0.4, 0.5) is 0 Å². The molecule has 1 unspecified atom stereocenters. The van der Waals surface area contributed by atoms with E-state index in [0.29, 0.717) is 6.54 Å². The van der Waals surface area contributed by atoms with E-state index in [1.54, 1.807) is 14.0 Å². The lowest BCUT2D eigenvalue weighted by Crippen LogP contribution is -2.30. The Morgan fingerprint density at radius 1 is 1.75 bits per heavy atom. The van der Waals surface area contributed by atoms with Crippen molar-refractivity contribution in [3.8, 4) is 11.8 Å². The van der Waals surface area contributed by atoms with E-state index in [1.165, 1.54) is 23.4 Å². The molecule has 1 N–H and O–H groups in total. The van der Waals surface area contributed by atoms with Crippen LogP contribution < -0.4 is 0 Å². The van der Waals surface area contributed by atoms with Crippen LogP contribution in [0, 0.1) is 17.2 Å². The van der Waals surface area contributed by atoms with Crippen molar-refractivity contribution in [2.45, 2.75) is 6.92 Å². The average molecular weight is 219 g/mol. The summed E-state index contributed by atoms with van der Waals surface area (Å²) in [6.45, 7) is 2.06. The maximum Gasteiger partial charge on any atom is 0.257 e. The molecule has 0 aromatic carbocycles. The van der Waals surface area contributed by atoms with Crippen molar-refractivity contribution in [1.82, 2.24) is 9.88 Å². The number of carbonyl (C=O) groups excluding carboxylic acids is 1. The number of rotatable bonds is 3. The Morgan fingerprint density at radius 2 is 2.44 bits per heavy atom. The smallest absolute Gasteiger partial charge is 0.257 e. The van der Waals surface area contributed by atoms with Crippen LogP contribution in [-0.4, -0.2) is 34.5 Å².